The first-order valence-electron chi connectivity index (χ1n) is 42.5. The van der Waals surface area contributed by atoms with Crippen molar-refractivity contribution < 1.29 is 121 Å². The molecule has 2 unspecified atom stereocenters. The Hall–Kier alpha value is -6.22. The first-order valence-corrected chi connectivity index (χ1v) is 59.4. The van der Waals surface area contributed by atoms with Crippen LogP contribution in [0.2, 0.25) is 87.6 Å². The fourth-order valence-corrected chi connectivity index (χ4v) is 19.0. The van der Waals surface area contributed by atoms with Gasteiger partial charge in [0.2, 0.25) is 0 Å². The molecule has 0 aromatic heterocycles. The summed E-state index contributed by atoms with van der Waals surface area (Å²) in [5, 5.41) is 0.609. The molecule has 0 spiro atoms. The predicted molar refractivity (Wildman–Crippen MR) is 502 cm³/mol. The van der Waals surface area contributed by atoms with Crippen molar-refractivity contribution in [1.82, 2.24) is 0 Å². The van der Waals surface area contributed by atoms with Crippen molar-refractivity contribution in [2.45, 2.75) is 275 Å². The molecule has 0 radical (unpaired) electrons. The number of carbonyl (C=O) groups excluding carboxylic acids is 4. The monoisotopic (exact) mass is 2020 g/mol. The van der Waals surface area contributed by atoms with Gasteiger partial charge in [-0.25, -0.2) is 14.4 Å². The van der Waals surface area contributed by atoms with Crippen molar-refractivity contribution >= 4 is 105 Å². The van der Waals surface area contributed by atoms with Crippen LogP contribution in [0.1, 0.15) is 162 Å². The molecule has 32 heteroatoms. The quantitative estimate of drug-likeness (QED) is 0.00519. The van der Waals surface area contributed by atoms with Gasteiger partial charge in [-0.3, -0.25) is 0 Å². The van der Waals surface area contributed by atoms with E-state index < -0.39 is 112 Å². The average molecular weight is 2020 g/mol. The number of ether oxygens (including phenoxy) is 14. The van der Waals surface area contributed by atoms with Gasteiger partial charge in [0.05, 0.1) is 29.9 Å². The van der Waals surface area contributed by atoms with Gasteiger partial charge in [-0.2, -0.15) is 13.2 Å². The Labute approximate surface area is 768 Å². The van der Waals surface area contributed by atoms with Crippen molar-refractivity contribution in [1.29, 1.82) is 0 Å². The SMILES string of the molecule is COCOc1cc(OCC(F)(F)F)cc(/C=C/C[C@@H]2OC(C)(C)O[C@@H]2C(/C=C\[C@@H](C)[C@H](C)O[Si](C)(C)C(C)(C)C)OC(=O)c2ccccc2)c1C(=O)OCC[Si](C)(C)C.COCOc1cc(OCC(F)(F)F)cc(C[Se]c2ccccc2)c1C(=O)OCC[Si](C)(C)C.C[C@H](/C=C\C(OC(=O)c1ccccc1)[C@H]1OC(C)(C)O[C@H]1CCI)[C@H](C)O[Si](C)(C)C(C)(C)C. The van der Waals surface area contributed by atoms with E-state index in [1.54, 1.807) is 62.4 Å². The van der Waals surface area contributed by atoms with E-state index in [9.17, 15) is 45.5 Å². The smallest absolute Gasteiger partial charge is 0.338 e. The second kappa shape index (κ2) is 49.3. The van der Waals surface area contributed by atoms with Gasteiger partial charge >= 0.3 is 224 Å². The molecular weight excluding hydrogens is 1880 g/mol. The number of alkyl halides is 7. The van der Waals surface area contributed by atoms with Gasteiger partial charge in [0.25, 0.3) is 0 Å². The molecule has 0 amide bonds. The molecule has 7 rings (SSSR count). The third-order valence-electron chi connectivity index (χ3n) is 21.4. The topological polar surface area (TPSA) is 216 Å². The first-order chi connectivity index (χ1) is 58.4. The Morgan fingerprint density at radius 2 is 0.897 bits per heavy atom. The normalized spacial score (nSPS) is 18.4. The number of carbonyl (C=O) groups is 4. The molecule has 2 fully saturated rings. The Balaban J connectivity index is 0.000000359. The molecule has 2 heterocycles. The zero-order valence-electron chi connectivity index (χ0n) is 78.4. The molecule has 10 atom stereocenters. The van der Waals surface area contributed by atoms with E-state index in [4.69, 9.17) is 75.2 Å². The van der Waals surface area contributed by atoms with Crippen molar-refractivity contribution in [2.24, 2.45) is 11.8 Å². The molecule has 2 saturated heterocycles. The van der Waals surface area contributed by atoms with Crippen LogP contribution >= 0.6 is 22.6 Å². The summed E-state index contributed by atoms with van der Waals surface area (Å²) in [6, 6.07) is 34.2. The number of hydrogen-bond donors (Lipinski definition) is 0. The zero-order valence-corrected chi connectivity index (χ0v) is 86.3. The molecule has 126 heavy (non-hydrogen) atoms. The van der Waals surface area contributed by atoms with Crippen LogP contribution in [0.4, 0.5) is 26.3 Å². The van der Waals surface area contributed by atoms with E-state index >= 15 is 0 Å². The zero-order chi connectivity index (χ0) is 94.6. The van der Waals surface area contributed by atoms with Gasteiger partial charge in [0.15, 0.2) is 41.6 Å². The van der Waals surface area contributed by atoms with Gasteiger partial charge in [-0.05, 0) is 157 Å². The molecule has 704 valence electrons. The predicted octanol–water partition coefficient (Wildman–Crippen LogP) is 22.7. The summed E-state index contributed by atoms with van der Waals surface area (Å²) in [5.74, 6) is -4.10. The number of benzene rings is 5. The average Bonchev–Trinajstić information content (AvgIpc) is 1.09. The van der Waals surface area contributed by atoms with Gasteiger partial charge in [0, 0.05) is 37.9 Å². The van der Waals surface area contributed by atoms with Gasteiger partial charge in [-0.15, -0.1) is 0 Å². The van der Waals surface area contributed by atoms with Gasteiger partial charge < -0.3 is 56.2 Å². The minimum absolute atomic E-state index is 0.00525. The van der Waals surface area contributed by atoms with Crippen molar-refractivity contribution in [3.63, 3.8) is 0 Å². The molecule has 0 aliphatic carbocycles. The summed E-state index contributed by atoms with van der Waals surface area (Å²) in [5.41, 5.74) is 1.79. The Morgan fingerprint density at radius 3 is 1.29 bits per heavy atom. The van der Waals surface area contributed by atoms with Gasteiger partial charge in [-0.1, -0.05) is 158 Å². The van der Waals surface area contributed by atoms with E-state index in [0.29, 0.717) is 28.1 Å². The van der Waals surface area contributed by atoms with E-state index in [0.717, 1.165) is 21.4 Å². The summed E-state index contributed by atoms with van der Waals surface area (Å²) < 4.78 is 173. The van der Waals surface area contributed by atoms with Crippen molar-refractivity contribution in [3.05, 3.63) is 179 Å². The summed E-state index contributed by atoms with van der Waals surface area (Å²) in [6.45, 7) is 47.9. The first kappa shape index (κ1) is 110. The fraction of sp³-hybridized carbons (Fsp3) is 0.574. The molecule has 5 aromatic carbocycles. The van der Waals surface area contributed by atoms with Crippen LogP contribution in [-0.2, 0) is 61.5 Å². The number of halogens is 7. The molecule has 20 nitrogen and oxygen atoms in total. The van der Waals surface area contributed by atoms with Crippen LogP contribution < -0.4 is 23.4 Å². The van der Waals surface area contributed by atoms with E-state index in [2.05, 4.69) is 150 Å². The maximum absolute atomic E-state index is 13.6. The standard InChI is InChI=1S/C44H65F3O10Si2.C27H43IO5Si.C23H29F3O5SeSi/c1-30(31(2)57-59(12,13)42(3,4)5)22-23-35(54-40(48)32-18-15-14-16-19-32)39-36(55-43(6,7)56-39)21-17-20-33-26-34(52-28-44(45,46)47)27-37(53-29-50-8)38(33)41(49)51-24-25-58(9,10)11;1-19(20(2)33-34(8,9)26(3,4)5)15-16-22(30-25(29)21-13-11-10-12-14-21)24-23(17-18-28)31-27(6,7)32-24;1-28-16-31-20-13-18(30-15-23(24,25)26)12-17(14-32-19-8-6-5-7-9-19)21(20)22(27)29-10-11-33(2,3)4/h14-20,22-23,26-27,30-31,35-36,39H,21,24-25,28-29H2,1-13H3;10-16,19-20,22-24H,17-18H2,1-9H3;5-9,12-13H,10-11,14-16H2,1-4H3/b20-17+,23-22-;16-15-;/t30-,31+,35?,36+,39-;19-,20+,22?,23+,24-;/m11./s1. The largest absolute Gasteiger partial charge is 0.452 e. The van der Waals surface area contributed by atoms with Crippen LogP contribution in [-0.4, -0.2) is 203 Å². The van der Waals surface area contributed by atoms with Crippen molar-refractivity contribution in [2.75, 3.05) is 58.7 Å². The van der Waals surface area contributed by atoms with Crippen LogP contribution in [0.15, 0.2) is 146 Å². The summed E-state index contributed by atoms with van der Waals surface area (Å²) in [4.78, 5) is 53.1. The Kier molecular flexibility index (Phi) is 43.2. The minimum Gasteiger partial charge on any atom is -0.452 e. The summed E-state index contributed by atoms with van der Waals surface area (Å²) in [6.07, 6.45) is -0.479. The molecular formula is C94H137F6IO20SeSi4. The van der Waals surface area contributed by atoms with E-state index in [-0.39, 0.29) is 140 Å². The molecule has 0 N–H and O–H groups in total. The molecule has 2 aliphatic rings. The van der Waals surface area contributed by atoms with Crippen LogP contribution in [0.3, 0.4) is 0 Å². The minimum atomic E-state index is -4.61. The Bertz CT molecular complexity index is 4280. The van der Waals surface area contributed by atoms with E-state index in [1.807, 2.05) is 101 Å². The maximum Gasteiger partial charge on any atom is 0.338 e. The third kappa shape index (κ3) is 38.7. The summed E-state index contributed by atoms with van der Waals surface area (Å²) >= 11 is 2.27. The second-order valence-electron chi connectivity index (χ2n) is 37.8. The van der Waals surface area contributed by atoms with Crippen molar-refractivity contribution in [3.8, 4) is 23.0 Å². The van der Waals surface area contributed by atoms with Crippen LogP contribution in [0.5, 0.6) is 23.0 Å². The molecule has 0 saturated carbocycles. The number of rotatable bonds is 42. The maximum atomic E-state index is 13.6. The number of methoxy groups -OCH3 is 2. The fourth-order valence-electron chi connectivity index (χ4n) is 12.1. The second-order valence-corrected chi connectivity index (χ2v) is 61.8. The number of hydrogen-bond acceptors (Lipinski definition) is 20. The molecule has 0 bridgehead atoms. The molecule has 5 aromatic rings. The summed E-state index contributed by atoms with van der Waals surface area (Å²) in [7, 11) is -4.18. The Morgan fingerprint density at radius 1 is 0.508 bits per heavy atom. The van der Waals surface area contributed by atoms with Gasteiger partial charge in [0.1, 0.15) is 41.5 Å². The molecule has 2 aliphatic heterocycles. The van der Waals surface area contributed by atoms with E-state index in [1.165, 1.54) is 38.5 Å². The van der Waals surface area contributed by atoms with Crippen LogP contribution in [0, 0.1) is 11.8 Å². The number of esters is 4. The third-order valence-corrected chi connectivity index (χ3v) is 36.8. The van der Waals surface area contributed by atoms with Crippen LogP contribution in [0.25, 0.3) is 6.08 Å².